The fourth-order valence-electron chi connectivity index (χ4n) is 1.15. The Morgan fingerprint density at radius 1 is 0.684 bits per heavy atom. The van der Waals surface area contributed by atoms with Gasteiger partial charge in [-0.3, -0.25) is 10.1 Å². The van der Waals surface area contributed by atoms with E-state index in [0.29, 0.717) is 0 Å². The van der Waals surface area contributed by atoms with Crippen molar-refractivity contribution in [2.75, 3.05) is 0 Å². The van der Waals surface area contributed by atoms with Crippen LogP contribution in [0.5, 0.6) is 0 Å². The lowest BCUT2D eigenvalue weighted by atomic mass is 10.3. The van der Waals surface area contributed by atoms with Gasteiger partial charge < -0.3 is 0 Å². The number of hydrogen-bond donors (Lipinski definition) is 0. The maximum atomic E-state index is 12.7. The third kappa shape index (κ3) is 3.20. The molecular weight excluding hydrogens is 373 g/mol. The Morgan fingerprint density at radius 2 is 0.947 bits per heavy atom. The highest BCUT2D eigenvalue weighted by molar-refractivity contribution is 8.00. The largest absolute Gasteiger partial charge is 0.304 e. The topological polar surface area (TPSA) is 43.1 Å². The van der Waals surface area contributed by atoms with Crippen molar-refractivity contribution in [3.63, 3.8) is 0 Å². The highest BCUT2D eigenvalue weighted by Crippen LogP contribution is 2.54. The second kappa shape index (κ2) is 7.71. The van der Waals surface area contributed by atoms with E-state index in [4.69, 9.17) is 0 Å². The van der Waals surface area contributed by atoms with Gasteiger partial charge in [-0.25, -0.2) is 0 Å². The van der Waals surface area contributed by atoms with E-state index in [0.717, 1.165) is 0 Å². The summed E-state index contributed by atoms with van der Waals surface area (Å²) in [6.45, 7) is 0. The van der Waals surface area contributed by atoms with Crippen molar-refractivity contribution >= 4 is 66.4 Å². The molecular formula is C6F5NO2S5. The van der Waals surface area contributed by atoms with Crippen LogP contribution in [0.2, 0.25) is 0 Å². The van der Waals surface area contributed by atoms with Gasteiger partial charge in [0.05, 0.1) is 80.3 Å². The SMILES string of the molecule is O=[N+]([O-])c1c(SF)c(SF)c(SF)c(SF)c1SF. The Morgan fingerprint density at radius 3 is 1.16 bits per heavy atom. The summed E-state index contributed by atoms with van der Waals surface area (Å²) in [7, 11) is 0. The lowest BCUT2D eigenvalue weighted by Crippen LogP contribution is -1.98. The van der Waals surface area contributed by atoms with E-state index < -0.39 is 95.8 Å². The van der Waals surface area contributed by atoms with Crippen molar-refractivity contribution < 1.29 is 24.4 Å². The molecule has 0 aliphatic heterocycles. The van der Waals surface area contributed by atoms with Gasteiger partial charge in [0.15, 0.2) is 0 Å². The Labute approximate surface area is 125 Å². The summed E-state index contributed by atoms with van der Waals surface area (Å²) in [4.78, 5) is 5.43. The molecule has 1 rings (SSSR count). The van der Waals surface area contributed by atoms with E-state index in [9.17, 15) is 29.5 Å². The van der Waals surface area contributed by atoms with Crippen LogP contribution >= 0.6 is 60.7 Å². The van der Waals surface area contributed by atoms with Crippen LogP contribution in [0.15, 0.2) is 24.5 Å². The molecule has 0 amide bonds. The third-order valence-corrected chi connectivity index (χ3v) is 5.13. The van der Waals surface area contributed by atoms with Crippen molar-refractivity contribution in [3.05, 3.63) is 10.1 Å². The van der Waals surface area contributed by atoms with Gasteiger partial charge in [0.1, 0.15) is 9.79 Å². The average molecular weight is 373 g/mol. The fraction of sp³-hybridized carbons (Fsp3) is 0. The van der Waals surface area contributed by atoms with Crippen LogP contribution < -0.4 is 0 Å². The zero-order valence-electron chi connectivity index (χ0n) is 8.19. The molecule has 0 aliphatic carbocycles. The fourth-order valence-corrected chi connectivity index (χ4v) is 4.03. The lowest BCUT2D eigenvalue weighted by Gasteiger charge is -2.11. The van der Waals surface area contributed by atoms with E-state index in [1.54, 1.807) is 0 Å². The standard InChI is InChI=1S/C6F5NO2S5/c7-15-2-1(12(13)14)3(16-8)5(18-10)6(19-11)4(2)17-9. The Bertz CT molecular complexity index is 470. The molecule has 13 heteroatoms. The summed E-state index contributed by atoms with van der Waals surface area (Å²) in [6.07, 6.45) is 0. The second-order valence-electron chi connectivity index (χ2n) is 2.64. The molecule has 1 aromatic rings. The minimum Gasteiger partial charge on any atom is -0.258 e. The van der Waals surface area contributed by atoms with E-state index in [1.807, 2.05) is 0 Å². The van der Waals surface area contributed by atoms with Crippen molar-refractivity contribution in [2.45, 2.75) is 24.5 Å². The van der Waals surface area contributed by atoms with Gasteiger partial charge in [-0.15, -0.1) is 0 Å². The normalized spacial score (nSPS) is 10.8. The van der Waals surface area contributed by atoms with Gasteiger partial charge in [0.25, 0.3) is 0 Å². The van der Waals surface area contributed by atoms with E-state index in [1.165, 1.54) is 0 Å². The third-order valence-electron chi connectivity index (χ3n) is 1.82. The summed E-state index contributed by atoms with van der Waals surface area (Å²) < 4.78 is 63.6. The first kappa shape index (κ1) is 17.1. The zero-order valence-corrected chi connectivity index (χ0v) is 12.3. The van der Waals surface area contributed by atoms with Crippen LogP contribution in [-0.2, 0) is 0 Å². The predicted octanol–water partition coefficient (Wildman–Crippen LogP) is 6.48. The molecule has 0 heterocycles. The highest BCUT2D eigenvalue weighted by Gasteiger charge is 2.34. The van der Waals surface area contributed by atoms with Gasteiger partial charge >= 0.3 is 5.69 Å². The molecule has 0 radical (unpaired) electrons. The maximum Gasteiger partial charge on any atom is 0.304 e. The molecule has 3 nitrogen and oxygen atoms in total. The summed E-state index contributed by atoms with van der Waals surface area (Å²) in [5, 5.41) is 10.8. The van der Waals surface area contributed by atoms with Gasteiger partial charge in [-0.05, 0) is 0 Å². The van der Waals surface area contributed by atoms with E-state index in [2.05, 4.69) is 0 Å². The average Bonchev–Trinajstić information content (AvgIpc) is 2.43. The van der Waals surface area contributed by atoms with Crippen LogP contribution in [-0.4, -0.2) is 4.92 Å². The van der Waals surface area contributed by atoms with Crippen LogP contribution in [0.4, 0.5) is 25.1 Å². The molecule has 0 saturated carbocycles. The number of nitro groups is 1. The smallest absolute Gasteiger partial charge is 0.258 e. The molecule has 0 spiro atoms. The molecule has 0 saturated heterocycles. The number of nitro benzene ring substituents is 1. The molecule has 106 valence electrons. The van der Waals surface area contributed by atoms with Crippen LogP contribution in [0.3, 0.4) is 0 Å². The molecule has 0 bridgehead atoms. The number of hydrogen-bond acceptors (Lipinski definition) is 7. The molecule has 0 atom stereocenters. The number of nitrogens with zero attached hydrogens (tertiary/aromatic N) is 1. The number of benzene rings is 1. The molecule has 0 unspecified atom stereocenters. The first-order chi connectivity index (χ1) is 9.06. The first-order valence-corrected chi connectivity index (χ1v) is 7.47. The monoisotopic (exact) mass is 373 g/mol. The minimum absolute atomic E-state index is 0.654. The molecule has 19 heavy (non-hydrogen) atoms. The summed E-state index contributed by atoms with van der Waals surface area (Å²) in [5.41, 5.74) is -1.14. The first-order valence-electron chi connectivity index (χ1n) is 3.88. The zero-order chi connectivity index (χ0) is 14.6. The lowest BCUT2D eigenvalue weighted by molar-refractivity contribution is -0.391. The van der Waals surface area contributed by atoms with Gasteiger partial charge in [0, 0.05) is 0 Å². The number of halogens is 5. The Kier molecular flexibility index (Phi) is 6.93. The van der Waals surface area contributed by atoms with Crippen LogP contribution in [0.25, 0.3) is 0 Å². The minimum atomic E-state index is -1.18. The molecule has 0 fully saturated rings. The van der Waals surface area contributed by atoms with Crippen molar-refractivity contribution in [1.82, 2.24) is 0 Å². The highest BCUT2D eigenvalue weighted by atomic mass is 32.2. The van der Waals surface area contributed by atoms with Crippen LogP contribution in [0.1, 0.15) is 0 Å². The Hall–Kier alpha value is 0.0200. The van der Waals surface area contributed by atoms with Crippen LogP contribution in [0, 0.1) is 10.1 Å². The Balaban J connectivity index is 3.85. The van der Waals surface area contributed by atoms with Gasteiger partial charge in [-0.2, -0.15) is 19.4 Å². The quantitative estimate of drug-likeness (QED) is 0.321. The molecule has 0 N–H and O–H groups in total. The van der Waals surface area contributed by atoms with E-state index in [-0.39, 0.29) is 0 Å². The van der Waals surface area contributed by atoms with Gasteiger partial charge in [0.2, 0.25) is 0 Å². The molecule has 1 aromatic carbocycles. The van der Waals surface area contributed by atoms with Gasteiger partial charge in [-0.1, -0.05) is 0 Å². The van der Waals surface area contributed by atoms with Crippen molar-refractivity contribution in [3.8, 4) is 0 Å². The maximum absolute atomic E-state index is 12.7. The molecule has 0 aromatic heterocycles. The molecule has 0 aliphatic rings. The summed E-state index contributed by atoms with van der Waals surface area (Å²) >= 11 is -3.51. The predicted molar refractivity (Wildman–Crippen MR) is 67.9 cm³/mol. The van der Waals surface area contributed by atoms with E-state index >= 15 is 0 Å². The number of rotatable bonds is 6. The summed E-state index contributed by atoms with van der Waals surface area (Å²) in [5.74, 6) is 0. The van der Waals surface area contributed by atoms with Crippen molar-refractivity contribution in [1.29, 1.82) is 0 Å². The second-order valence-corrected chi connectivity index (χ2v) is 5.45. The van der Waals surface area contributed by atoms with Crippen molar-refractivity contribution in [2.24, 2.45) is 0 Å². The summed E-state index contributed by atoms with van der Waals surface area (Å²) in [6, 6.07) is 0.